The molecule has 0 saturated carbocycles. The zero-order chi connectivity index (χ0) is 26.3. The summed E-state index contributed by atoms with van der Waals surface area (Å²) in [6, 6.07) is 15.4. The molecule has 0 aliphatic carbocycles. The number of carbonyl (C=O) groups is 1. The molecule has 0 radical (unpaired) electrons. The van der Waals surface area contributed by atoms with Gasteiger partial charge in [-0.25, -0.2) is 18.1 Å². The van der Waals surface area contributed by atoms with Crippen molar-refractivity contribution in [3.63, 3.8) is 0 Å². The molecule has 2 N–H and O–H groups in total. The Balaban J connectivity index is 2.02. The number of sulfonamides is 1. The number of nitrogens with zero attached hydrogens (tertiary/aromatic N) is 2. The van der Waals surface area contributed by atoms with Crippen LogP contribution >= 0.6 is 0 Å². The number of hydrogen-bond donors (Lipinski definition) is 2. The molecule has 1 atom stereocenters. The Morgan fingerprint density at radius 3 is 2.42 bits per heavy atom. The molecular weight excluding hydrogens is 476 g/mol. The molecule has 9 heteroatoms. The summed E-state index contributed by atoms with van der Waals surface area (Å²) >= 11 is 0. The van der Waals surface area contributed by atoms with Crippen LogP contribution in [0.25, 0.3) is 11.3 Å². The fourth-order valence-corrected chi connectivity index (χ4v) is 4.87. The van der Waals surface area contributed by atoms with Crippen molar-refractivity contribution in [2.45, 2.75) is 51.0 Å². The van der Waals surface area contributed by atoms with E-state index in [0.29, 0.717) is 24.5 Å². The Morgan fingerprint density at radius 1 is 1.00 bits per heavy atom. The van der Waals surface area contributed by atoms with E-state index in [9.17, 15) is 13.2 Å². The largest absolute Gasteiger partial charge is 0.476 e. The van der Waals surface area contributed by atoms with E-state index >= 15 is 0 Å². The second-order valence-corrected chi connectivity index (χ2v) is 11.1. The van der Waals surface area contributed by atoms with E-state index in [1.807, 2.05) is 31.3 Å². The summed E-state index contributed by atoms with van der Waals surface area (Å²) in [5.41, 5.74) is 2.75. The summed E-state index contributed by atoms with van der Waals surface area (Å²) in [7, 11) is -2.16. The molecule has 8 nitrogen and oxygen atoms in total. The number of benzene rings is 2. The molecule has 0 aliphatic heterocycles. The summed E-state index contributed by atoms with van der Waals surface area (Å²) in [6.07, 6.45) is 1.51. The van der Waals surface area contributed by atoms with Crippen LogP contribution in [-0.2, 0) is 10.0 Å². The predicted molar refractivity (Wildman–Crippen MR) is 142 cm³/mol. The lowest BCUT2D eigenvalue weighted by Crippen LogP contribution is -2.33. The monoisotopic (exact) mass is 510 g/mol. The van der Waals surface area contributed by atoms with Crippen molar-refractivity contribution >= 4 is 22.3 Å². The SMILES string of the molecule is CN[C@@H](COc1cc(-c2ccccc2C(C)C)nc(NS(=O)(=O)c2cccc(C=O)c2)n1)CC(C)C. The first-order chi connectivity index (χ1) is 17.1. The van der Waals surface area contributed by atoms with Crippen LogP contribution < -0.4 is 14.8 Å². The van der Waals surface area contributed by atoms with E-state index in [1.54, 1.807) is 6.07 Å². The topological polar surface area (TPSA) is 110 Å². The van der Waals surface area contributed by atoms with Gasteiger partial charge in [-0.1, -0.05) is 64.1 Å². The van der Waals surface area contributed by atoms with E-state index in [1.165, 1.54) is 24.3 Å². The molecule has 0 amide bonds. The fraction of sp³-hybridized carbons (Fsp3) is 0.370. The molecular formula is C27H34N4O4S. The van der Waals surface area contributed by atoms with E-state index in [-0.39, 0.29) is 34.2 Å². The Bertz CT molecular complexity index is 1290. The minimum absolute atomic E-state index is 0.0571. The first kappa shape index (κ1) is 27.3. The van der Waals surface area contributed by atoms with Crippen molar-refractivity contribution < 1.29 is 17.9 Å². The van der Waals surface area contributed by atoms with Gasteiger partial charge >= 0.3 is 0 Å². The maximum Gasteiger partial charge on any atom is 0.264 e. The molecule has 36 heavy (non-hydrogen) atoms. The highest BCUT2D eigenvalue weighted by molar-refractivity contribution is 7.92. The van der Waals surface area contributed by atoms with Gasteiger partial charge in [-0.15, -0.1) is 0 Å². The maximum absolute atomic E-state index is 13.1. The molecule has 0 saturated heterocycles. The lowest BCUT2D eigenvalue weighted by molar-refractivity contribution is 0.112. The Morgan fingerprint density at radius 2 is 1.75 bits per heavy atom. The van der Waals surface area contributed by atoms with Gasteiger partial charge < -0.3 is 10.1 Å². The van der Waals surface area contributed by atoms with Crippen LogP contribution in [0.2, 0.25) is 0 Å². The maximum atomic E-state index is 13.1. The van der Waals surface area contributed by atoms with Crippen molar-refractivity contribution in [1.82, 2.24) is 15.3 Å². The highest BCUT2D eigenvalue weighted by atomic mass is 32.2. The number of anilines is 1. The highest BCUT2D eigenvalue weighted by Gasteiger charge is 2.20. The average Bonchev–Trinajstić information content (AvgIpc) is 2.86. The van der Waals surface area contributed by atoms with Crippen molar-refractivity contribution in [3.05, 3.63) is 65.7 Å². The molecule has 3 aromatic rings. The molecule has 0 bridgehead atoms. The smallest absolute Gasteiger partial charge is 0.264 e. The third kappa shape index (κ3) is 7.11. The number of likely N-dealkylation sites (N-methyl/N-ethyl adjacent to an activating group) is 1. The molecule has 0 aliphatic rings. The van der Waals surface area contributed by atoms with Crippen LogP contribution in [-0.4, -0.2) is 44.4 Å². The molecule has 0 fully saturated rings. The van der Waals surface area contributed by atoms with Gasteiger partial charge in [-0.2, -0.15) is 4.98 Å². The van der Waals surface area contributed by atoms with Gasteiger partial charge in [-0.05, 0) is 43.0 Å². The van der Waals surface area contributed by atoms with Crippen LogP contribution in [0.5, 0.6) is 5.88 Å². The molecule has 0 spiro atoms. The second kappa shape index (κ2) is 12.1. The van der Waals surface area contributed by atoms with E-state index in [4.69, 9.17) is 4.74 Å². The van der Waals surface area contributed by atoms with Crippen LogP contribution in [0.4, 0.5) is 5.95 Å². The average molecular weight is 511 g/mol. The van der Waals surface area contributed by atoms with E-state index < -0.39 is 10.0 Å². The van der Waals surface area contributed by atoms with Crippen LogP contribution in [0, 0.1) is 5.92 Å². The van der Waals surface area contributed by atoms with Crippen molar-refractivity contribution in [2.24, 2.45) is 5.92 Å². The van der Waals surface area contributed by atoms with Crippen LogP contribution in [0.15, 0.2) is 59.5 Å². The lowest BCUT2D eigenvalue weighted by Gasteiger charge is -2.19. The third-order valence-electron chi connectivity index (χ3n) is 5.69. The number of rotatable bonds is 12. The number of ether oxygens (including phenoxy) is 1. The second-order valence-electron chi connectivity index (χ2n) is 9.38. The van der Waals surface area contributed by atoms with Crippen molar-refractivity contribution in [3.8, 4) is 17.1 Å². The zero-order valence-corrected chi connectivity index (χ0v) is 22.2. The summed E-state index contributed by atoms with van der Waals surface area (Å²) in [5, 5.41) is 3.25. The minimum Gasteiger partial charge on any atom is -0.476 e. The minimum atomic E-state index is -4.04. The summed E-state index contributed by atoms with van der Waals surface area (Å²) in [6.45, 7) is 8.82. The first-order valence-electron chi connectivity index (χ1n) is 12.0. The quantitative estimate of drug-likeness (QED) is 0.334. The normalized spacial score (nSPS) is 12.5. The van der Waals surface area contributed by atoms with Gasteiger partial charge in [0.25, 0.3) is 10.0 Å². The van der Waals surface area contributed by atoms with Gasteiger partial charge in [0.05, 0.1) is 10.6 Å². The number of aromatic nitrogens is 2. The zero-order valence-electron chi connectivity index (χ0n) is 21.4. The molecule has 3 rings (SSSR count). The Labute approximate surface area is 213 Å². The summed E-state index contributed by atoms with van der Waals surface area (Å²) in [5.74, 6) is 0.866. The third-order valence-corrected chi connectivity index (χ3v) is 7.01. The number of carbonyl (C=O) groups excluding carboxylic acids is 1. The van der Waals surface area contributed by atoms with E-state index in [0.717, 1.165) is 17.5 Å². The van der Waals surface area contributed by atoms with Crippen molar-refractivity contribution in [2.75, 3.05) is 18.4 Å². The molecule has 1 heterocycles. The fourth-order valence-electron chi connectivity index (χ4n) is 3.87. The number of hydrogen-bond acceptors (Lipinski definition) is 7. The predicted octanol–water partition coefficient (Wildman–Crippen LogP) is 4.89. The summed E-state index contributed by atoms with van der Waals surface area (Å²) in [4.78, 5) is 20.0. The molecule has 2 aromatic carbocycles. The molecule has 192 valence electrons. The lowest BCUT2D eigenvalue weighted by atomic mass is 9.95. The number of aldehydes is 1. The van der Waals surface area contributed by atoms with E-state index in [2.05, 4.69) is 47.7 Å². The van der Waals surface area contributed by atoms with Crippen LogP contribution in [0.3, 0.4) is 0 Å². The Kier molecular flexibility index (Phi) is 9.17. The van der Waals surface area contributed by atoms with Gasteiger partial charge in [0.1, 0.15) is 12.9 Å². The summed E-state index contributed by atoms with van der Waals surface area (Å²) < 4.78 is 34.6. The number of nitrogens with one attached hydrogen (secondary N) is 2. The van der Waals surface area contributed by atoms with Crippen molar-refractivity contribution in [1.29, 1.82) is 0 Å². The highest BCUT2D eigenvalue weighted by Crippen LogP contribution is 2.30. The van der Waals surface area contributed by atoms with Gasteiger partial charge in [0, 0.05) is 23.2 Å². The standard InChI is InChI=1S/C27H34N4O4S/c1-18(2)13-21(28-5)17-35-26-15-25(24-12-7-6-11-23(24)19(3)4)29-27(30-26)31-36(33,34)22-10-8-9-20(14-22)16-32/h6-12,14-16,18-19,21,28H,13,17H2,1-5H3,(H,29,30,31)/t21-/m1/s1. The Hall–Kier alpha value is -3.30. The molecule has 0 unspecified atom stereocenters. The van der Waals surface area contributed by atoms with Gasteiger partial charge in [-0.3, -0.25) is 4.79 Å². The van der Waals surface area contributed by atoms with Gasteiger partial charge in [0.15, 0.2) is 0 Å². The first-order valence-corrected chi connectivity index (χ1v) is 13.5. The molecule has 1 aromatic heterocycles. The van der Waals surface area contributed by atoms with Crippen LogP contribution in [0.1, 0.15) is 56.0 Å². The van der Waals surface area contributed by atoms with Gasteiger partial charge in [0.2, 0.25) is 11.8 Å².